The third-order valence-corrected chi connectivity index (χ3v) is 3.96. The first-order valence-corrected chi connectivity index (χ1v) is 8.01. The van der Waals surface area contributed by atoms with E-state index in [1.807, 2.05) is 5.92 Å². The van der Waals surface area contributed by atoms with Crippen LogP contribution in [0.4, 0.5) is 5.69 Å². The van der Waals surface area contributed by atoms with Crippen molar-refractivity contribution in [3.63, 3.8) is 0 Å². The lowest BCUT2D eigenvalue weighted by Gasteiger charge is -2.36. The number of amides is 1. The summed E-state index contributed by atoms with van der Waals surface area (Å²) >= 11 is 6.23. The van der Waals surface area contributed by atoms with Crippen LogP contribution in [0.1, 0.15) is 33.6 Å². The largest absolute Gasteiger partial charge is 0.489 e. The van der Waals surface area contributed by atoms with Crippen LogP contribution in [0.5, 0.6) is 5.75 Å². The van der Waals surface area contributed by atoms with Gasteiger partial charge in [-0.2, -0.15) is 0 Å². The molecule has 0 spiro atoms. The second-order valence-corrected chi connectivity index (χ2v) is 7.27. The van der Waals surface area contributed by atoms with Crippen molar-refractivity contribution in [2.75, 3.05) is 4.90 Å². The second kappa shape index (κ2) is 6.74. The highest BCUT2D eigenvalue weighted by molar-refractivity contribution is 6.32. The number of benzene rings is 1. The first kappa shape index (κ1) is 18.2. The van der Waals surface area contributed by atoms with Crippen molar-refractivity contribution in [2.45, 2.75) is 45.8 Å². The minimum atomic E-state index is -1.14. The molecule has 2 rings (SSSR count). The Hall–Kier alpha value is -2.19. The number of carboxylic acids is 1. The summed E-state index contributed by atoms with van der Waals surface area (Å²) in [6.07, 6.45) is 7.40. The van der Waals surface area contributed by atoms with E-state index in [9.17, 15) is 14.7 Å². The van der Waals surface area contributed by atoms with E-state index in [1.165, 1.54) is 6.07 Å². The smallest absolute Gasteiger partial charge is 0.327 e. The van der Waals surface area contributed by atoms with Gasteiger partial charge in [0.1, 0.15) is 11.8 Å². The molecule has 0 aliphatic heterocycles. The number of rotatable bonds is 5. The minimum absolute atomic E-state index is 0.179. The van der Waals surface area contributed by atoms with Gasteiger partial charge < -0.3 is 9.84 Å². The van der Waals surface area contributed by atoms with Gasteiger partial charge in [0, 0.05) is 5.69 Å². The van der Waals surface area contributed by atoms with Crippen molar-refractivity contribution in [3.05, 3.63) is 23.2 Å². The molecule has 1 aliphatic carbocycles. The van der Waals surface area contributed by atoms with Crippen LogP contribution in [-0.4, -0.2) is 29.1 Å². The molecular weight excluding hydrogens is 330 g/mol. The van der Waals surface area contributed by atoms with Crippen molar-refractivity contribution < 1.29 is 19.4 Å². The van der Waals surface area contributed by atoms with Gasteiger partial charge >= 0.3 is 11.9 Å². The van der Waals surface area contributed by atoms with E-state index in [0.29, 0.717) is 16.5 Å². The lowest BCUT2D eigenvalue weighted by molar-refractivity contribution is -0.142. The molecule has 24 heavy (non-hydrogen) atoms. The molecule has 128 valence electrons. The molecule has 0 bridgehead atoms. The van der Waals surface area contributed by atoms with Crippen molar-refractivity contribution in [2.24, 2.45) is 5.41 Å². The molecular formula is C18H20ClNO4. The van der Waals surface area contributed by atoms with Gasteiger partial charge in [0.05, 0.1) is 11.1 Å². The zero-order valence-electron chi connectivity index (χ0n) is 13.9. The van der Waals surface area contributed by atoms with Gasteiger partial charge in [0.25, 0.3) is 0 Å². The van der Waals surface area contributed by atoms with Crippen molar-refractivity contribution in [1.29, 1.82) is 0 Å². The highest BCUT2D eigenvalue weighted by Gasteiger charge is 2.40. The van der Waals surface area contributed by atoms with Gasteiger partial charge in [-0.05, 0) is 42.4 Å². The molecule has 1 aliphatic rings. The highest BCUT2D eigenvalue weighted by Crippen LogP contribution is 2.36. The Morgan fingerprint density at radius 1 is 1.42 bits per heavy atom. The normalized spacial score (nSPS) is 15.3. The molecule has 1 fully saturated rings. The van der Waals surface area contributed by atoms with Crippen molar-refractivity contribution in [3.8, 4) is 18.1 Å². The van der Waals surface area contributed by atoms with Crippen LogP contribution in [0.15, 0.2) is 18.2 Å². The number of hydrogen-bond acceptors (Lipinski definition) is 3. The summed E-state index contributed by atoms with van der Waals surface area (Å²) in [5, 5.41) is 9.93. The van der Waals surface area contributed by atoms with Crippen LogP contribution in [0, 0.1) is 17.8 Å². The van der Waals surface area contributed by atoms with Crippen LogP contribution in [0.3, 0.4) is 0 Å². The predicted octanol–water partition coefficient (Wildman–Crippen LogP) is 3.35. The SMILES string of the molecule is C#CC(=O)N(c1ccc(OC2CC2)c(Cl)c1)C(C(=O)O)C(C)(C)C. The number of nitrogens with zero attached hydrogens (tertiary/aromatic N) is 1. The maximum atomic E-state index is 12.2. The standard InChI is InChI=1S/C18H20ClNO4/c1-5-15(21)20(16(17(22)23)18(2,3)4)11-6-9-14(13(19)10-11)24-12-7-8-12/h1,6,9-10,12,16H,7-8H2,2-4H3,(H,22,23). The summed E-state index contributed by atoms with van der Waals surface area (Å²) in [6, 6.07) is 3.61. The van der Waals surface area contributed by atoms with Gasteiger partial charge in [-0.25, -0.2) is 4.79 Å². The number of aliphatic carboxylic acids is 1. The summed E-state index contributed by atoms with van der Waals surface area (Å²) in [4.78, 5) is 25.1. The van der Waals surface area contributed by atoms with Crippen LogP contribution in [0.25, 0.3) is 0 Å². The maximum Gasteiger partial charge on any atom is 0.327 e. The van der Waals surface area contributed by atoms with E-state index < -0.39 is 23.3 Å². The number of carboxylic acid groups (broad SMARTS) is 1. The van der Waals surface area contributed by atoms with Crippen LogP contribution < -0.4 is 9.64 Å². The van der Waals surface area contributed by atoms with Crippen LogP contribution >= 0.6 is 11.6 Å². The lowest BCUT2D eigenvalue weighted by atomic mass is 9.85. The highest BCUT2D eigenvalue weighted by atomic mass is 35.5. The topological polar surface area (TPSA) is 66.8 Å². The fraction of sp³-hybridized carbons (Fsp3) is 0.444. The van der Waals surface area contributed by atoms with Gasteiger partial charge in [0.2, 0.25) is 0 Å². The molecule has 1 unspecified atom stereocenters. The minimum Gasteiger partial charge on any atom is -0.489 e. The molecule has 1 atom stereocenters. The third-order valence-electron chi connectivity index (χ3n) is 3.67. The summed E-state index contributed by atoms with van der Waals surface area (Å²) in [7, 11) is 0. The average molecular weight is 350 g/mol. The molecule has 0 radical (unpaired) electrons. The van der Waals surface area contributed by atoms with Gasteiger partial charge in [-0.3, -0.25) is 9.69 Å². The first-order valence-electron chi connectivity index (χ1n) is 7.64. The maximum absolute atomic E-state index is 12.2. The van der Waals surface area contributed by atoms with E-state index in [2.05, 4.69) is 0 Å². The fourth-order valence-corrected chi connectivity index (χ4v) is 2.64. The molecule has 0 saturated heterocycles. The van der Waals surface area contributed by atoms with E-state index in [4.69, 9.17) is 22.8 Å². The van der Waals surface area contributed by atoms with Crippen LogP contribution in [0.2, 0.25) is 5.02 Å². The number of halogens is 1. The van der Waals surface area contributed by atoms with E-state index in [-0.39, 0.29) is 6.10 Å². The Kier molecular flexibility index (Phi) is 5.10. The molecule has 1 aromatic rings. The number of hydrogen-bond donors (Lipinski definition) is 1. The van der Waals surface area contributed by atoms with Crippen molar-refractivity contribution >= 4 is 29.2 Å². The monoisotopic (exact) mass is 349 g/mol. The van der Waals surface area contributed by atoms with Crippen LogP contribution in [-0.2, 0) is 9.59 Å². The quantitative estimate of drug-likeness (QED) is 0.828. The van der Waals surface area contributed by atoms with E-state index in [0.717, 1.165) is 17.7 Å². The Labute approximate surface area is 146 Å². The van der Waals surface area contributed by atoms with E-state index in [1.54, 1.807) is 32.9 Å². The number of carbonyl (C=O) groups is 2. The molecule has 0 aromatic heterocycles. The third kappa shape index (κ3) is 4.01. The van der Waals surface area contributed by atoms with Crippen molar-refractivity contribution in [1.82, 2.24) is 0 Å². The number of carbonyl (C=O) groups excluding carboxylic acids is 1. The molecule has 0 heterocycles. The summed E-state index contributed by atoms with van der Waals surface area (Å²) < 4.78 is 5.66. The Bertz CT molecular complexity index is 698. The van der Waals surface area contributed by atoms with Gasteiger partial charge in [0.15, 0.2) is 0 Å². The predicted molar refractivity (Wildman–Crippen MR) is 92.3 cm³/mol. The fourth-order valence-electron chi connectivity index (χ4n) is 2.42. The van der Waals surface area contributed by atoms with Gasteiger partial charge in [-0.15, -0.1) is 6.42 Å². The Morgan fingerprint density at radius 3 is 2.46 bits per heavy atom. The Morgan fingerprint density at radius 2 is 2.04 bits per heavy atom. The zero-order chi connectivity index (χ0) is 18.1. The molecule has 1 amide bonds. The second-order valence-electron chi connectivity index (χ2n) is 6.86. The molecule has 5 nitrogen and oxygen atoms in total. The van der Waals surface area contributed by atoms with E-state index >= 15 is 0 Å². The summed E-state index contributed by atoms with van der Waals surface area (Å²) in [5.41, 5.74) is -0.401. The molecule has 6 heteroatoms. The lowest BCUT2D eigenvalue weighted by Crippen LogP contribution is -2.52. The Balaban J connectivity index is 2.44. The number of ether oxygens (including phenoxy) is 1. The molecule has 1 aromatic carbocycles. The number of anilines is 1. The van der Waals surface area contributed by atoms with Gasteiger partial charge in [-0.1, -0.05) is 32.4 Å². The molecule has 1 saturated carbocycles. The summed E-state index contributed by atoms with van der Waals surface area (Å²) in [5.74, 6) is 0.639. The molecule has 1 N–H and O–H groups in total. The first-order chi connectivity index (χ1) is 11.1. The average Bonchev–Trinajstić information content (AvgIpc) is 3.28. The summed E-state index contributed by atoms with van der Waals surface area (Å²) in [6.45, 7) is 5.19. The number of terminal acetylenes is 1. The zero-order valence-corrected chi connectivity index (χ0v) is 14.6.